The fraction of sp³-hybridized carbons (Fsp3) is 0.667. The van der Waals surface area contributed by atoms with Gasteiger partial charge in [0.2, 0.25) is 0 Å². The van der Waals surface area contributed by atoms with Gasteiger partial charge in [-0.3, -0.25) is 0 Å². The van der Waals surface area contributed by atoms with Crippen LogP contribution in [0.5, 0.6) is 0 Å². The van der Waals surface area contributed by atoms with Gasteiger partial charge in [0.15, 0.2) is 0 Å². The Morgan fingerprint density at radius 2 is 1.89 bits per heavy atom. The maximum atomic E-state index is 3.82. The van der Waals surface area contributed by atoms with Gasteiger partial charge in [-0.1, -0.05) is 51.5 Å². The van der Waals surface area contributed by atoms with Crippen molar-refractivity contribution < 1.29 is 0 Å². The predicted molar refractivity (Wildman–Crippen MR) is 81.6 cm³/mol. The van der Waals surface area contributed by atoms with Crippen LogP contribution >= 0.6 is 0 Å². The monoisotopic (exact) mass is 257 g/mol. The molecule has 2 aliphatic rings. The molecule has 3 rings (SSSR count). The fourth-order valence-electron chi connectivity index (χ4n) is 4.61. The van der Waals surface area contributed by atoms with Crippen molar-refractivity contribution in [3.8, 4) is 0 Å². The van der Waals surface area contributed by atoms with E-state index in [-0.39, 0.29) is 0 Å². The highest BCUT2D eigenvalue weighted by Gasteiger charge is 2.52. The maximum Gasteiger partial charge on any atom is 0.0136 e. The van der Waals surface area contributed by atoms with Crippen LogP contribution in [-0.4, -0.2) is 12.6 Å². The summed E-state index contributed by atoms with van der Waals surface area (Å²) in [5.74, 6) is 3.29. The van der Waals surface area contributed by atoms with Crippen LogP contribution in [0.4, 0.5) is 0 Å². The van der Waals surface area contributed by atoms with E-state index >= 15 is 0 Å². The number of hydrogen-bond donors (Lipinski definition) is 1. The molecule has 1 heteroatoms. The van der Waals surface area contributed by atoms with Crippen LogP contribution in [0.2, 0.25) is 0 Å². The van der Waals surface area contributed by atoms with Crippen LogP contribution in [0, 0.1) is 11.8 Å². The molecule has 0 aliphatic heterocycles. The van der Waals surface area contributed by atoms with E-state index < -0.39 is 0 Å². The molecule has 5 unspecified atom stereocenters. The molecule has 104 valence electrons. The van der Waals surface area contributed by atoms with E-state index in [2.05, 4.69) is 50.4 Å². The van der Waals surface area contributed by atoms with Crippen LogP contribution in [0.1, 0.15) is 63.0 Å². The molecule has 0 saturated heterocycles. The molecule has 1 fully saturated rings. The second kappa shape index (κ2) is 5.28. The summed E-state index contributed by atoms with van der Waals surface area (Å²) in [4.78, 5) is 0. The van der Waals surface area contributed by atoms with Crippen molar-refractivity contribution in [1.82, 2.24) is 5.32 Å². The fourth-order valence-corrected chi connectivity index (χ4v) is 4.61. The zero-order valence-corrected chi connectivity index (χ0v) is 12.5. The minimum Gasteiger partial charge on any atom is -0.313 e. The van der Waals surface area contributed by atoms with Gasteiger partial charge in [0.25, 0.3) is 0 Å². The summed E-state index contributed by atoms with van der Waals surface area (Å²) < 4.78 is 0. The molecule has 5 atom stereocenters. The van der Waals surface area contributed by atoms with E-state index in [4.69, 9.17) is 0 Å². The summed E-state index contributed by atoms with van der Waals surface area (Å²) in [6, 6.07) is 9.96. The third-order valence-corrected chi connectivity index (χ3v) is 5.46. The molecule has 1 aromatic carbocycles. The van der Waals surface area contributed by atoms with Crippen LogP contribution in [0.15, 0.2) is 24.3 Å². The van der Waals surface area contributed by atoms with Crippen molar-refractivity contribution >= 4 is 0 Å². The average molecular weight is 257 g/mol. The van der Waals surface area contributed by atoms with Crippen molar-refractivity contribution in [3.63, 3.8) is 0 Å². The Morgan fingerprint density at radius 3 is 2.58 bits per heavy atom. The number of nitrogens with one attached hydrogen (secondary N) is 1. The molecule has 0 amide bonds. The van der Waals surface area contributed by atoms with Gasteiger partial charge in [0.1, 0.15) is 0 Å². The van der Waals surface area contributed by atoms with Gasteiger partial charge in [-0.2, -0.15) is 0 Å². The van der Waals surface area contributed by atoms with E-state index in [0.29, 0.717) is 0 Å². The first-order valence-electron chi connectivity index (χ1n) is 8.10. The second-order valence-electron chi connectivity index (χ2n) is 6.51. The van der Waals surface area contributed by atoms with Crippen LogP contribution in [0.3, 0.4) is 0 Å². The van der Waals surface area contributed by atoms with Gasteiger partial charge in [-0.05, 0) is 54.2 Å². The molecule has 19 heavy (non-hydrogen) atoms. The Hall–Kier alpha value is -0.820. The Balaban J connectivity index is 1.87. The average Bonchev–Trinajstić information content (AvgIpc) is 2.42. The summed E-state index contributed by atoms with van der Waals surface area (Å²) in [7, 11) is 0. The molecule has 0 spiro atoms. The molecule has 0 bridgehead atoms. The second-order valence-corrected chi connectivity index (χ2v) is 6.51. The lowest BCUT2D eigenvalue weighted by Gasteiger charge is -2.57. The number of benzene rings is 1. The highest BCUT2D eigenvalue weighted by atomic mass is 15.0. The summed E-state index contributed by atoms with van der Waals surface area (Å²) in [5, 5.41) is 3.82. The molecule has 0 heterocycles. The van der Waals surface area contributed by atoms with Gasteiger partial charge in [0.05, 0.1) is 0 Å². The molecule has 1 N–H and O–H groups in total. The van der Waals surface area contributed by atoms with E-state index in [1.807, 2.05) is 0 Å². The molecule has 1 saturated carbocycles. The molecule has 1 aromatic rings. The minimum atomic E-state index is 0.737. The Kier molecular flexibility index (Phi) is 3.66. The summed E-state index contributed by atoms with van der Waals surface area (Å²) >= 11 is 0. The third-order valence-electron chi connectivity index (χ3n) is 5.46. The largest absolute Gasteiger partial charge is 0.313 e. The van der Waals surface area contributed by atoms with Crippen molar-refractivity contribution in [2.75, 3.05) is 6.54 Å². The zero-order chi connectivity index (χ0) is 13.4. The van der Waals surface area contributed by atoms with E-state index in [1.165, 1.54) is 25.8 Å². The topological polar surface area (TPSA) is 12.0 Å². The Bertz CT molecular complexity index is 439. The molecule has 2 aliphatic carbocycles. The van der Waals surface area contributed by atoms with Crippen LogP contribution in [-0.2, 0) is 0 Å². The van der Waals surface area contributed by atoms with Crippen molar-refractivity contribution in [2.24, 2.45) is 11.8 Å². The molecular weight excluding hydrogens is 230 g/mol. The molecule has 1 nitrogen and oxygen atoms in total. The minimum absolute atomic E-state index is 0.737. The summed E-state index contributed by atoms with van der Waals surface area (Å²) in [5.41, 5.74) is 3.28. The van der Waals surface area contributed by atoms with E-state index in [1.54, 1.807) is 11.1 Å². The standard InChI is InChI=1S/C18H27N/c1-4-10-19-18-13(5-2)17-15-9-7-6-8-14(15)12(3)11-16(17)18/h6-9,12-13,16-19H,4-5,10-11H2,1-3H3. The lowest BCUT2D eigenvalue weighted by atomic mass is 9.51. The van der Waals surface area contributed by atoms with Gasteiger partial charge in [-0.15, -0.1) is 0 Å². The maximum absolute atomic E-state index is 3.82. The van der Waals surface area contributed by atoms with Gasteiger partial charge in [-0.25, -0.2) is 0 Å². The molecule has 0 aromatic heterocycles. The Labute approximate surface area is 117 Å². The summed E-state index contributed by atoms with van der Waals surface area (Å²) in [6.07, 6.45) is 3.93. The number of fused-ring (bicyclic) bond motifs is 3. The van der Waals surface area contributed by atoms with Crippen molar-refractivity contribution in [1.29, 1.82) is 0 Å². The predicted octanol–water partition coefficient (Wildman–Crippen LogP) is 4.30. The third kappa shape index (κ3) is 2.03. The lowest BCUT2D eigenvalue weighted by Crippen LogP contribution is -2.58. The highest BCUT2D eigenvalue weighted by molar-refractivity contribution is 5.40. The van der Waals surface area contributed by atoms with Gasteiger partial charge in [0, 0.05) is 6.04 Å². The molecule has 0 radical (unpaired) electrons. The van der Waals surface area contributed by atoms with Crippen molar-refractivity contribution in [3.05, 3.63) is 35.4 Å². The zero-order valence-electron chi connectivity index (χ0n) is 12.5. The van der Waals surface area contributed by atoms with Crippen LogP contribution in [0.25, 0.3) is 0 Å². The number of hydrogen-bond acceptors (Lipinski definition) is 1. The van der Waals surface area contributed by atoms with E-state index in [0.717, 1.165) is 29.7 Å². The van der Waals surface area contributed by atoms with Crippen molar-refractivity contribution in [2.45, 2.75) is 57.9 Å². The lowest BCUT2D eigenvalue weighted by molar-refractivity contribution is 0.0442. The van der Waals surface area contributed by atoms with Gasteiger partial charge < -0.3 is 5.32 Å². The normalized spacial score (nSPS) is 36.3. The first kappa shape index (κ1) is 13.2. The first-order chi connectivity index (χ1) is 9.27. The van der Waals surface area contributed by atoms with Gasteiger partial charge >= 0.3 is 0 Å². The SMILES string of the molecule is CCCNC1C(CC)C2c3ccccc3C(C)CC12. The quantitative estimate of drug-likeness (QED) is 0.848. The first-order valence-corrected chi connectivity index (χ1v) is 8.10. The highest BCUT2D eigenvalue weighted by Crippen LogP contribution is 2.57. The van der Waals surface area contributed by atoms with E-state index in [9.17, 15) is 0 Å². The molecular formula is C18H27N. The van der Waals surface area contributed by atoms with Crippen LogP contribution < -0.4 is 5.32 Å². The summed E-state index contributed by atoms with van der Waals surface area (Å²) in [6.45, 7) is 8.22. The number of rotatable bonds is 4. The smallest absolute Gasteiger partial charge is 0.0136 e. The Morgan fingerprint density at radius 1 is 1.16 bits per heavy atom.